The Labute approximate surface area is 448 Å². The van der Waals surface area contributed by atoms with Crippen LogP contribution >= 0.6 is 92.6 Å². The van der Waals surface area contributed by atoms with Gasteiger partial charge in [-0.05, 0) is 146 Å². The molecule has 0 amide bonds. The van der Waals surface area contributed by atoms with Crippen LogP contribution in [-0.4, -0.2) is 74.9 Å². The summed E-state index contributed by atoms with van der Waals surface area (Å²) in [6, 6.07) is 40.7. The monoisotopic (exact) mass is 1160 g/mol. The minimum Gasteiger partial charge on any atom is -0.492 e. The molecule has 0 spiro atoms. The van der Waals surface area contributed by atoms with Crippen LogP contribution in [0.5, 0.6) is 69.0 Å². The molecule has 0 atom stereocenters. The lowest BCUT2D eigenvalue weighted by atomic mass is 10.3. The molecule has 0 aliphatic carbocycles. The van der Waals surface area contributed by atoms with Crippen molar-refractivity contribution in [2.45, 2.75) is 0 Å². The molecule has 0 radical (unpaired) electrons. The van der Waals surface area contributed by atoms with Gasteiger partial charge in [-0.3, -0.25) is 0 Å². The third-order valence-electron chi connectivity index (χ3n) is 9.04. The van der Waals surface area contributed by atoms with Crippen molar-refractivity contribution >= 4 is 92.6 Å². The van der Waals surface area contributed by atoms with Crippen molar-refractivity contribution in [3.8, 4) is 69.0 Å². The van der Waals surface area contributed by atoms with Crippen molar-refractivity contribution < 1.29 is 55.6 Å². The summed E-state index contributed by atoms with van der Waals surface area (Å²) in [5.74, 6) is 6.49. The fraction of sp³-hybridized carbons (Fsp3) is 0.250. The Morgan fingerprint density at radius 1 is 0.222 bits per heavy atom. The number of hydrogen-bond donors (Lipinski definition) is 0. The highest BCUT2D eigenvalue weighted by molar-refractivity contribution is 7.79. The van der Waals surface area contributed by atoms with Gasteiger partial charge in [-0.15, -0.1) is 69.6 Å². The first-order chi connectivity index (χ1) is 35.2. The van der Waals surface area contributed by atoms with Gasteiger partial charge in [0.05, 0.1) is 35.3 Å². The largest absolute Gasteiger partial charge is 0.492 e. The first-order valence-corrected chi connectivity index (χ1v) is 29.8. The molecule has 0 aromatic heterocycles. The number of halogens is 6. The molecule has 0 saturated heterocycles. The zero-order valence-electron chi connectivity index (χ0n) is 38.2. The summed E-state index contributed by atoms with van der Waals surface area (Å²) in [7, 11) is -13.0. The second-order valence-electron chi connectivity index (χ2n) is 14.3. The standard InChI is InChI=1S/C48H48Cl6N3O12P3/c49-25-31-58-37-1-13-43(14-2-37)64-70(65-44-15-3-38(4-16-44)59-32-26-50)55-71(66-45-17-5-39(6-18-45)60-33-27-51,67-46-19-7-40(8-20-46)61-34-28-52)57-72(56-70,68-47-21-9-41(10-22-47)62-35-29-53)69-48-23-11-42(12-24-48)63-36-30-54/h1-24H,25-36H2. The number of nitrogens with zero attached hydrogens (tertiary/aromatic N) is 3. The number of alkyl halides is 6. The quantitative estimate of drug-likeness (QED) is 0.0312. The van der Waals surface area contributed by atoms with Crippen LogP contribution in [0.25, 0.3) is 0 Å². The van der Waals surface area contributed by atoms with Gasteiger partial charge in [-0.1, -0.05) is 13.5 Å². The van der Waals surface area contributed by atoms with Crippen LogP contribution in [0.2, 0.25) is 0 Å². The van der Waals surface area contributed by atoms with E-state index < -0.39 is 23.0 Å². The Morgan fingerprint density at radius 2 is 0.347 bits per heavy atom. The van der Waals surface area contributed by atoms with E-state index in [1.54, 1.807) is 146 Å². The van der Waals surface area contributed by atoms with E-state index in [9.17, 15) is 0 Å². The van der Waals surface area contributed by atoms with Crippen molar-refractivity contribution in [1.82, 2.24) is 0 Å². The van der Waals surface area contributed by atoms with Gasteiger partial charge in [0.15, 0.2) is 0 Å². The summed E-state index contributed by atoms with van der Waals surface area (Å²) in [4.78, 5) is 0. The van der Waals surface area contributed by atoms with Gasteiger partial charge in [0, 0.05) is 0 Å². The maximum atomic E-state index is 6.99. The van der Waals surface area contributed by atoms with E-state index in [0.29, 0.717) is 34.5 Å². The third kappa shape index (κ3) is 16.7. The molecule has 24 heteroatoms. The van der Waals surface area contributed by atoms with Crippen molar-refractivity contribution in [2.24, 2.45) is 13.5 Å². The van der Waals surface area contributed by atoms with E-state index in [1.807, 2.05) is 0 Å². The molecule has 1 aliphatic heterocycles. The zero-order valence-corrected chi connectivity index (χ0v) is 45.4. The molecule has 1 aliphatic rings. The average Bonchev–Trinajstić information content (AvgIpc) is 3.39. The highest BCUT2D eigenvalue weighted by Gasteiger charge is 2.49. The zero-order chi connectivity index (χ0) is 50.5. The maximum Gasteiger partial charge on any atom is 0.460 e. The summed E-state index contributed by atoms with van der Waals surface area (Å²) in [5, 5.41) is 0. The molecule has 6 aromatic rings. The SMILES string of the molecule is ClCCOc1ccc(OP2(Oc3ccc(OCCCl)cc3)=NP(Oc3ccc(OCCCl)cc3)(Oc3ccc(OCCCl)cc3)=NP(Oc3ccc(OCCCl)cc3)(Oc3ccc(OCCCl)cc3)=N2)cc1. The van der Waals surface area contributed by atoms with E-state index in [-0.39, 0.29) is 109 Å². The molecule has 0 unspecified atom stereocenters. The van der Waals surface area contributed by atoms with Crippen LogP contribution in [0.3, 0.4) is 0 Å². The summed E-state index contributed by atoms with van der Waals surface area (Å²) in [6.07, 6.45) is 0. The highest BCUT2D eigenvalue weighted by Crippen LogP contribution is 2.78. The van der Waals surface area contributed by atoms with Gasteiger partial charge in [0.2, 0.25) is 0 Å². The lowest BCUT2D eigenvalue weighted by molar-refractivity contribution is 0.342. The van der Waals surface area contributed by atoms with Crippen molar-refractivity contribution in [3.05, 3.63) is 146 Å². The average molecular weight is 1160 g/mol. The molecule has 0 fully saturated rings. The number of rotatable bonds is 30. The summed E-state index contributed by atoms with van der Waals surface area (Å²) >= 11 is 35.7. The van der Waals surface area contributed by atoms with Crippen LogP contribution in [0.1, 0.15) is 0 Å². The predicted octanol–water partition coefficient (Wildman–Crippen LogP) is 16.0. The molecule has 7 rings (SSSR count). The smallest absolute Gasteiger partial charge is 0.460 e. The van der Waals surface area contributed by atoms with Gasteiger partial charge in [0.1, 0.15) is 109 Å². The molecule has 0 saturated carbocycles. The second-order valence-corrected chi connectivity index (χ2v) is 22.8. The lowest BCUT2D eigenvalue weighted by Gasteiger charge is -2.33. The topological polar surface area (TPSA) is 148 Å². The van der Waals surface area contributed by atoms with Gasteiger partial charge in [-0.2, -0.15) is 0 Å². The van der Waals surface area contributed by atoms with E-state index in [4.69, 9.17) is 139 Å². The molecule has 0 bridgehead atoms. The van der Waals surface area contributed by atoms with E-state index in [0.717, 1.165) is 0 Å². The van der Waals surface area contributed by atoms with Crippen molar-refractivity contribution in [1.29, 1.82) is 0 Å². The number of hydrogen-bond acceptors (Lipinski definition) is 15. The van der Waals surface area contributed by atoms with Crippen molar-refractivity contribution in [2.75, 3.05) is 74.9 Å². The maximum absolute atomic E-state index is 6.99. The van der Waals surface area contributed by atoms with Gasteiger partial charge in [0.25, 0.3) is 0 Å². The molecule has 72 heavy (non-hydrogen) atoms. The summed E-state index contributed by atoms with van der Waals surface area (Å²) in [6.45, 7) is 1.67. The summed E-state index contributed by atoms with van der Waals surface area (Å²) in [5.41, 5.74) is 0. The molecular weight excluding hydrogens is 1120 g/mol. The summed E-state index contributed by atoms with van der Waals surface area (Å²) < 4.78 is 92.5. The van der Waals surface area contributed by atoms with Gasteiger partial charge < -0.3 is 55.6 Å². The lowest BCUT2D eigenvalue weighted by Crippen LogP contribution is -2.11. The normalized spacial score (nSPS) is 13.9. The van der Waals surface area contributed by atoms with Crippen LogP contribution in [0.4, 0.5) is 0 Å². The first-order valence-electron chi connectivity index (χ1n) is 22.0. The molecule has 1 heterocycles. The Morgan fingerprint density at radius 3 is 0.472 bits per heavy atom. The number of benzene rings is 6. The Bertz CT molecular complexity index is 2280. The molecule has 384 valence electrons. The van der Waals surface area contributed by atoms with Crippen molar-refractivity contribution in [3.63, 3.8) is 0 Å². The predicted molar refractivity (Wildman–Crippen MR) is 288 cm³/mol. The Kier molecular flexibility index (Phi) is 21.5. The van der Waals surface area contributed by atoms with Crippen LogP contribution in [-0.2, 0) is 0 Å². The fourth-order valence-electron chi connectivity index (χ4n) is 6.10. The Hall–Kier alpha value is -4.65. The second kappa shape index (κ2) is 28.1. The molecule has 0 N–H and O–H groups in total. The van der Waals surface area contributed by atoms with E-state index >= 15 is 0 Å². The van der Waals surface area contributed by atoms with E-state index in [1.165, 1.54) is 0 Å². The van der Waals surface area contributed by atoms with Gasteiger partial charge >= 0.3 is 23.0 Å². The van der Waals surface area contributed by atoms with Crippen LogP contribution < -0.4 is 55.6 Å². The minimum atomic E-state index is -4.32. The number of ether oxygens (including phenoxy) is 6. The highest BCUT2D eigenvalue weighted by atomic mass is 35.5. The molecular formula is C48H48Cl6N3O12P3. The minimum absolute atomic E-state index is 0.261. The van der Waals surface area contributed by atoms with E-state index in [2.05, 4.69) is 0 Å². The van der Waals surface area contributed by atoms with Crippen LogP contribution in [0, 0.1) is 0 Å². The first kappa shape index (κ1) is 55.1. The molecule has 6 aromatic carbocycles. The third-order valence-corrected chi connectivity index (χ3v) is 18.1. The van der Waals surface area contributed by atoms with Gasteiger partial charge in [-0.25, -0.2) is 0 Å². The molecule has 15 nitrogen and oxygen atoms in total. The Balaban J connectivity index is 1.51. The fourth-order valence-corrected chi connectivity index (χ4v) is 15.6. The van der Waals surface area contributed by atoms with Crippen LogP contribution in [0.15, 0.2) is 159 Å².